The summed E-state index contributed by atoms with van der Waals surface area (Å²) in [5.74, 6) is 3.31. The number of rotatable bonds is 6. The van der Waals surface area contributed by atoms with E-state index in [1.165, 1.54) is 43.9 Å². The molecule has 2 atom stereocenters. The van der Waals surface area contributed by atoms with Crippen LogP contribution in [0.2, 0.25) is 0 Å². The Morgan fingerprint density at radius 2 is 2.20 bits per heavy atom. The highest BCUT2D eigenvalue weighted by Gasteiger charge is 2.23. The molecule has 2 N–H and O–H groups in total. The zero-order valence-corrected chi connectivity index (χ0v) is 11.1. The van der Waals surface area contributed by atoms with Gasteiger partial charge in [-0.3, -0.25) is 0 Å². The van der Waals surface area contributed by atoms with E-state index in [-0.39, 0.29) is 0 Å². The van der Waals surface area contributed by atoms with E-state index < -0.39 is 0 Å². The van der Waals surface area contributed by atoms with Crippen molar-refractivity contribution in [1.82, 2.24) is 4.90 Å². The van der Waals surface area contributed by atoms with Gasteiger partial charge >= 0.3 is 0 Å². The first-order valence-corrected chi connectivity index (χ1v) is 7.45. The van der Waals surface area contributed by atoms with Gasteiger partial charge in [0.15, 0.2) is 0 Å². The molecule has 90 valence electrons. The van der Waals surface area contributed by atoms with Crippen molar-refractivity contribution in [1.29, 1.82) is 0 Å². The van der Waals surface area contributed by atoms with Crippen molar-refractivity contribution in [3.8, 4) is 0 Å². The Hall–Kier alpha value is 0.270. The average molecular weight is 230 g/mol. The minimum Gasteiger partial charge on any atom is -0.330 e. The van der Waals surface area contributed by atoms with Crippen molar-refractivity contribution in [2.75, 3.05) is 31.1 Å². The van der Waals surface area contributed by atoms with Gasteiger partial charge in [0.1, 0.15) is 0 Å². The minimum absolute atomic E-state index is 0.750. The average Bonchev–Trinajstić information content (AvgIpc) is 2.26. The second kappa shape index (κ2) is 7.53. The number of hydrogen-bond donors (Lipinski definition) is 1. The third-order valence-corrected chi connectivity index (χ3v) is 4.37. The maximum atomic E-state index is 5.76. The Balaban J connectivity index is 2.19. The van der Waals surface area contributed by atoms with Gasteiger partial charge in [-0.25, -0.2) is 0 Å². The lowest BCUT2D eigenvalue weighted by Crippen LogP contribution is -2.44. The molecule has 0 spiro atoms. The molecule has 1 saturated heterocycles. The zero-order chi connectivity index (χ0) is 11.1. The summed E-state index contributed by atoms with van der Waals surface area (Å²) >= 11 is 2.05. The number of likely N-dealkylation sites (tertiary alicyclic amines) is 1. The maximum absolute atomic E-state index is 5.76. The molecule has 2 nitrogen and oxygen atoms in total. The molecule has 0 aliphatic carbocycles. The summed E-state index contributed by atoms with van der Waals surface area (Å²) in [4.78, 5) is 2.64. The van der Waals surface area contributed by atoms with Crippen LogP contribution in [0.15, 0.2) is 0 Å². The van der Waals surface area contributed by atoms with E-state index in [4.69, 9.17) is 5.73 Å². The minimum atomic E-state index is 0.750. The van der Waals surface area contributed by atoms with Crippen molar-refractivity contribution in [3.63, 3.8) is 0 Å². The SMILES string of the molecule is CCSCCCN1CC(CN)CCC1C. The topological polar surface area (TPSA) is 29.3 Å². The lowest BCUT2D eigenvalue weighted by molar-refractivity contribution is 0.121. The quantitative estimate of drug-likeness (QED) is 0.709. The molecule has 0 aromatic heterocycles. The largest absolute Gasteiger partial charge is 0.330 e. The van der Waals surface area contributed by atoms with Gasteiger partial charge in [-0.15, -0.1) is 0 Å². The molecule has 3 heteroatoms. The Morgan fingerprint density at radius 1 is 1.40 bits per heavy atom. The highest BCUT2D eigenvalue weighted by molar-refractivity contribution is 7.99. The second-order valence-corrected chi connectivity index (χ2v) is 5.97. The van der Waals surface area contributed by atoms with E-state index in [1.807, 2.05) is 0 Å². The Labute approximate surface area is 99.0 Å². The maximum Gasteiger partial charge on any atom is 0.00671 e. The lowest BCUT2D eigenvalue weighted by atomic mass is 9.93. The van der Waals surface area contributed by atoms with Gasteiger partial charge in [0.05, 0.1) is 0 Å². The smallest absolute Gasteiger partial charge is 0.00671 e. The Bertz CT molecular complexity index is 164. The Kier molecular flexibility index (Phi) is 6.69. The fourth-order valence-electron chi connectivity index (χ4n) is 2.28. The third kappa shape index (κ3) is 4.75. The molecule has 1 fully saturated rings. The molecule has 1 rings (SSSR count). The molecule has 1 aliphatic heterocycles. The van der Waals surface area contributed by atoms with Gasteiger partial charge in [0.25, 0.3) is 0 Å². The predicted octanol–water partition coefficient (Wildman–Crippen LogP) is 2.19. The molecule has 0 aromatic carbocycles. The van der Waals surface area contributed by atoms with Crippen molar-refractivity contribution in [2.45, 2.75) is 39.2 Å². The first kappa shape index (κ1) is 13.3. The van der Waals surface area contributed by atoms with E-state index in [2.05, 4.69) is 30.5 Å². The highest BCUT2D eigenvalue weighted by Crippen LogP contribution is 2.21. The standard InChI is InChI=1S/C12H26N2S/c1-3-15-8-4-7-14-10-12(9-13)6-5-11(14)2/h11-12H,3-10,13H2,1-2H3. The van der Waals surface area contributed by atoms with Crippen LogP contribution in [-0.4, -0.2) is 42.1 Å². The number of nitrogens with zero attached hydrogens (tertiary/aromatic N) is 1. The number of piperidine rings is 1. The van der Waals surface area contributed by atoms with Gasteiger partial charge in [-0.1, -0.05) is 6.92 Å². The van der Waals surface area contributed by atoms with Crippen molar-refractivity contribution in [2.24, 2.45) is 11.7 Å². The molecular weight excluding hydrogens is 204 g/mol. The molecule has 15 heavy (non-hydrogen) atoms. The van der Waals surface area contributed by atoms with Crippen LogP contribution in [0.25, 0.3) is 0 Å². The molecule has 1 heterocycles. The van der Waals surface area contributed by atoms with E-state index in [1.54, 1.807) is 0 Å². The first-order chi connectivity index (χ1) is 7.27. The summed E-state index contributed by atoms with van der Waals surface area (Å²) in [6.07, 6.45) is 4.00. The summed E-state index contributed by atoms with van der Waals surface area (Å²) in [6, 6.07) is 0.777. The lowest BCUT2D eigenvalue weighted by Gasteiger charge is -2.37. The summed E-state index contributed by atoms with van der Waals surface area (Å²) < 4.78 is 0. The molecule has 0 bridgehead atoms. The molecule has 2 unspecified atom stereocenters. The summed E-state index contributed by atoms with van der Waals surface area (Å²) in [7, 11) is 0. The molecule has 0 aromatic rings. The van der Waals surface area contributed by atoms with Crippen molar-refractivity contribution >= 4 is 11.8 Å². The third-order valence-electron chi connectivity index (χ3n) is 3.38. The van der Waals surface area contributed by atoms with Crippen LogP contribution in [0.4, 0.5) is 0 Å². The van der Waals surface area contributed by atoms with Crippen LogP contribution in [0.1, 0.15) is 33.1 Å². The molecular formula is C12H26N2S. The van der Waals surface area contributed by atoms with Gasteiger partial charge in [0.2, 0.25) is 0 Å². The molecule has 0 amide bonds. The number of thioether (sulfide) groups is 1. The van der Waals surface area contributed by atoms with Crippen molar-refractivity contribution in [3.05, 3.63) is 0 Å². The van der Waals surface area contributed by atoms with E-state index in [0.29, 0.717) is 0 Å². The van der Waals surface area contributed by atoms with Gasteiger partial charge in [-0.05, 0) is 56.7 Å². The van der Waals surface area contributed by atoms with Crippen molar-refractivity contribution < 1.29 is 0 Å². The molecule has 1 aliphatic rings. The highest BCUT2D eigenvalue weighted by atomic mass is 32.2. The summed E-state index contributed by atoms with van der Waals surface area (Å²) in [6.45, 7) is 7.96. The first-order valence-electron chi connectivity index (χ1n) is 6.29. The van der Waals surface area contributed by atoms with Crippen LogP contribution in [-0.2, 0) is 0 Å². The monoisotopic (exact) mass is 230 g/mol. The zero-order valence-electron chi connectivity index (χ0n) is 10.2. The van der Waals surface area contributed by atoms with Gasteiger partial charge < -0.3 is 10.6 Å². The van der Waals surface area contributed by atoms with Crippen LogP contribution < -0.4 is 5.73 Å². The molecule has 0 saturated carbocycles. The normalized spacial score (nSPS) is 28.2. The van der Waals surface area contributed by atoms with Gasteiger partial charge in [0, 0.05) is 12.6 Å². The summed E-state index contributed by atoms with van der Waals surface area (Å²) in [5, 5.41) is 0. The van der Waals surface area contributed by atoms with Crippen LogP contribution in [0.3, 0.4) is 0 Å². The summed E-state index contributed by atoms with van der Waals surface area (Å²) in [5.41, 5.74) is 5.76. The fraction of sp³-hybridized carbons (Fsp3) is 1.00. The number of hydrogen-bond acceptors (Lipinski definition) is 3. The van der Waals surface area contributed by atoms with Crippen LogP contribution >= 0.6 is 11.8 Å². The predicted molar refractivity (Wildman–Crippen MR) is 70.4 cm³/mol. The van der Waals surface area contributed by atoms with Gasteiger partial charge in [-0.2, -0.15) is 11.8 Å². The fourth-order valence-corrected chi connectivity index (χ4v) is 2.90. The number of nitrogens with two attached hydrogens (primary N) is 1. The van der Waals surface area contributed by atoms with E-state index in [0.717, 1.165) is 18.5 Å². The van der Waals surface area contributed by atoms with E-state index >= 15 is 0 Å². The second-order valence-electron chi connectivity index (χ2n) is 4.57. The van der Waals surface area contributed by atoms with Crippen LogP contribution in [0, 0.1) is 5.92 Å². The Morgan fingerprint density at radius 3 is 2.87 bits per heavy atom. The molecule has 0 radical (unpaired) electrons. The van der Waals surface area contributed by atoms with Crippen LogP contribution in [0.5, 0.6) is 0 Å². The van der Waals surface area contributed by atoms with E-state index in [9.17, 15) is 0 Å².